The summed E-state index contributed by atoms with van der Waals surface area (Å²) in [7, 11) is 0. The van der Waals surface area contributed by atoms with E-state index in [2.05, 4.69) is 24.0 Å². The zero-order valence-corrected chi connectivity index (χ0v) is 18.7. The second kappa shape index (κ2) is 20.9. The number of likely N-dealkylation sites (N-methyl/N-ethyl adjacent to an activating group) is 1. The van der Waals surface area contributed by atoms with Crippen LogP contribution < -0.4 is 0 Å². The number of carbonyl (C=O) groups is 1. The van der Waals surface area contributed by atoms with Gasteiger partial charge in [0.1, 0.15) is 0 Å². The van der Waals surface area contributed by atoms with Gasteiger partial charge in [-0.2, -0.15) is 0 Å². The van der Waals surface area contributed by atoms with Crippen LogP contribution in [0.2, 0.25) is 0 Å². The molecule has 0 amide bonds. The molecule has 1 atom stereocenters. The van der Waals surface area contributed by atoms with Crippen LogP contribution in [0.5, 0.6) is 0 Å². The number of rotatable bonds is 21. The molecule has 0 aliphatic rings. The Morgan fingerprint density at radius 2 is 1.32 bits per heavy atom. The Balaban J connectivity index is 3.30. The summed E-state index contributed by atoms with van der Waals surface area (Å²) in [6, 6.07) is 0. The van der Waals surface area contributed by atoms with Crippen LogP contribution in [-0.2, 0) is 4.79 Å². The van der Waals surface area contributed by atoms with Gasteiger partial charge in [-0.1, -0.05) is 70.9 Å². The van der Waals surface area contributed by atoms with E-state index in [4.69, 9.17) is 5.11 Å². The summed E-state index contributed by atoms with van der Waals surface area (Å²) in [4.78, 5) is 12.8. The smallest absolute Gasteiger partial charge is 0.303 e. The van der Waals surface area contributed by atoms with Crippen LogP contribution in [0.15, 0.2) is 12.2 Å². The maximum Gasteiger partial charge on any atom is 0.303 e. The van der Waals surface area contributed by atoms with E-state index in [9.17, 15) is 9.90 Å². The maximum atomic E-state index is 10.4. The Kier molecular flexibility index (Phi) is 20.2. The number of carboxylic acid groups (broad SMARTS) is 1. The molecule has 166 valence electrons. The maximum absolute atomic E-state index is 10.4. The van der Waals surface area contributed by atoms with E-state index in [0.717, 1.165) is 45.3 Å². The Morgan fingerprint density at radius 1 is 0.821 bits per heavy atom. The van der Waals surface area contributed by atoms with Gasteiger partial charge in [0.25, 0.3) is 0 Å². The highest BCUT2D eigenvalue weighted by atomic mass is 16.4. The van der Waals surface area contributed by atoms with Crippen molar-refractivity contribution in [3.8, 4) is 0 Å². The number of hydrogen-bond acceptors (Lipinski definition) is 3. The van der Waals surface area contributed by atoms with Crippen LogP contribution in [-0.4, -0.2) is 46.8 Å². The molecule has 0 saturated heterocycles. The lowest BCUT2D eigenvalue weighted by Crippen LogP contribution is -2.32. The molecular formula is C24H47NO3. The standard InChI is InChI=1S/C24H47NO3/c1-3-23(26)22-25(4-2)21-19-17-15-13-11-9-7-5-6-8-10-12-14-16-18-20-24(27)28/h5-6,23,26H,3-4,7-22H2,1-2H3,(H,27,28)/b6-5-. The summed E-state index contributed by atoms with van der Waals surface area (Å²) in [6.07, 6.45) is 21.4. The van der Waals surface area contributed by atoms with Crippen LogP contribution >= 0.6 is 0 Å². The van der Waals surface area contributed by atoms with Crippen LogP contribution in [0.4, 0.5) is 0 Å². The van der Waals surface area contributed by atoms with E-state index >= 15 is 0 Å². The summed E-state index contributed by atoms with van der Waals surface area (Å²) in [5.41, 5.74) is 0. The molecule has 0 aromatic heterocycles. The Bertz CT molecular complexity index is 371. The Hall–Kier alpha value is -0.870. The van der Waals surface area contributed by atoms with Gasteiger partial charge in [-0.3, -0.25) is 4.79 Å². The second-order valence-corrected chi connectivity index (χ2v) is 8.04. The Labute approximate surface area is 174 Å². The van der Waals surface area contributed by atoms with E-state index in [1.807, 2.05) is 6.92 Å². The molecule has 0 heterocycles. The average molecular weight is 398 g/mol. The molecule has 0 aliphatic carbocycles. The highest BCUT2D eigenvalue weighted by Crippen LogP contribution is 2.10. The highest BCUT2D eigenvalue weighted by Gasteiger charge is 2.07. The van der Waals surface area contributed by atoms with Gasteiger partial charge in [0.2, 0.25) is 0 Å². The van der Waals surface area contributed by atoms with Gasteiger partial charge in [-0.15, -0.1) is 0 Å². The third kappa shape index (κ3) is 19.9. The molecule has 0 rings (SSSR count). The van der Waals surface area contributed by atoms with Crippen molar-refractivity contribution in [1.29, 1.82) is 0 Å². The van der Waals surface area contributed by atoms with Gasteiger partial charge in [-0.25, -0.2) is 0 Å². The Morgan fingerprint density at radius 3 is 1.82 bits per heavy atom. The minimum Gasteiger partial charge on any atom is -0.481 e. The molecule has 2 N–H and O–H groups in total. The van der Waals surface area contributed by atoms with Gasteiger partial charge in [0.15, 0.2) is 0 Å². The molecule has 0 radical (unpaired) electrons. The summed E-state index contributed by atoms with van der Waals surface area (Å²) in [5.74, 6) is -0.672. The largest absolute Gasteiger partial charge is 0.481 e. The second-order valence-electron chi connectivity index (χ2n) is 8.04. The number of nitrogens with zero attached hydrogens (tertiary/aromatic N) is 1. The van der Waals surface area contributed by atoms with Crippen molar-refractivity contribution >= 4 is 5.97 Å². The van der Waals surface area contributed by atoms with Crippen molar-refractivity contribution in [2.75, 3.05) is 19.6 Å². The van der Waals surface area contributed by atoms with Crippen LogP contribution in [0.25, 0.3) is 0 Å². The predicted octanol–water partition coefficient (Wildman–Crippen LogP) is 6.18. The molecule has 4 nitrogen and oxygen atoms in total. The van der Waals surface area contributed by atoms with Gasteiger partial charge < -0.3 is 15.1 Å². The lowest BCUT2D eigenvalue weighted by molar-refractivity contribution is -0.137. The van der Waals surface area contributed by atoms with Crippen molar-refractivity contribution < 1.29 is 15.0 Å². The molecule has 0 aromatic rings. The third-order valence-corrected chi connectivity index (χ3v) is 5.41. The number of aliphatic carboxylic acids is 1. The molecule has 28 heavy (non-hydrogen) atoms. The molecular weight excluding hydrogens is 350 g/mol. The fourth-order valence-electron chi connectivity index (χ4n) is 3.41. The number of unbranched alkanes of at least 4 members (excludes halogenated alkanes) is 11. The van der Waals surface area contributed by atoms with E-state index < -0.39 is 5.97 Å². The van der Waals surface area contributed by atoms with Crippen LogP contribution in [0, 0.1) is 0 Å². The number of hydrogen-bond donors (Lipinski definition) is 2. The summed E-state index contributed by atoms with van der Waals surface area (Å²) in [6.45, 7) is 7.20. The topological polar surface area (TPSA) is 60.8 Å². The van der Waals surface area contributed by atoms with E-state index in [-0.39, 0.29) is 6.10 Å². The van der Waals surface area contributed by atoms with Crippen molar-refractivity contribution in [2.24, 2.45) is 0 Å². The molecule has 1 unspecified atom stereocenters. The predicted molar refractivity (Wildman–Crippen MR) is 120 cm³/mol. The monoisotopic (exact) mass is 397 g/mol. The fourth-order valence-corrected chi connectivity index (χ4v) is 3.41. The van der Waals surface area contributed by atoms with Crippen LogP contribution in [0.3, 0.4) is 0 Å². The van der Waals surface area contributed by atoms with Crippen molar-refractivity contribution in [1.82, 2.24) is 4.90 Å². The van der Waals surface area contributed by atoms with Crippen LogP contribution in [0.1, 0.15) is 110 Å². The van der Waals surface area contributed by atoms with Gasteiger partial charge >= 0.3 is 5.97 Å². The number of carboxylic acids is 1. The summed E-state index contributed by atoms with van der Waals surface area (Å²) in [5, 5.41) is 18.3. The first kappa shape index (κ1) is 27.1. The lowest BCUT2D eigenvalue weighted by atomic mass is 10.1. The van der Waals surface area contributed by atoms with Gasteiger partial charge in [0.05, 0.1) is 6.10 Å². The van der Waals surface area contributed by atoms with Gasteiger partial charge in [-0.05, 0) is 58.0 Å². The molecule has 0 aromatic carbocycles. The average Bonchev–Trinajstić information content (AvgIpc) is 2.68. The first-order chi connectivity index (χ1) is 13.6. The van der Waals surface area contributed by atoms with E-state index in [0.29, 0.717) is 6.42 Å². The first-order valence-electron chi connectivity index (χ1n) is 11.9. The third-order valence-electron chi connectivity index (χ3n) is 5.41. The minimum atomic E-state index is -0.672. The quantitative estimate of drug-likeness (QED) is 0.179. The van der Waals surface area contributed by atoms with Crippen molar-refractivity contribution in [3.05, 3.63) is 12.2 Å². The summed E-state index contributed by atoms with van der Waals surface area (Å²) < 4.78 is 0. The van der Waals surface area contributed by atoms with Crippen molar-refractivity contribution in [3.63, 3.8) is 0 Å². The first-order valence-corrected chi connectivity index (χ1v) is 11.9. The zero-order chi connectivity index (χ0) is 20.9. The molecule has 0 aliphatic heterocycles. The molecule has 0 bridgehead atoms. The lowest BCUT2D eigenvalue weighted by Gasteiger charge is -2.22. The number of aliphatic hydroxyl groups excluding tert-OH is 1. The van der Waals surface area contributed by atoms with Crippen molar-refractivity contribution in [2.45, 2.75) is 116 Å². The van der Waals surface area contributed by atoms with Gasteiger partial charge in [0, 0.05) is 13.0 Å². The minimum absolute atomic E-state index is 0.170. The highest BCUT2D eigenvalue weighted by molar-refractivity contribution is 5.66. The molecule has 0 saturated carbocycles. The zero-order valence-electron chi connectivity index (χ0n) is 18.7. The number of allylic oxidation sites excluding steroid dienone is 2. The molecule has 4 heteroatoms. The van der Waals surface area contributed by atoms with E-state index in [1.54, 1.807) is 0 Å². The normalized spacial score (nSPS) is 12.9. The molecule has 0 fully saturated rings. The number of aliphatic hydroxyl groups is 1. The SMILES string of the molecule is CCC(O)CN(CC)CCCCCCCC/C=C\CCCCCCCC(=O)O. The summed E-state index contributed by atoms with van der Waals surface area (Å²) >= 11 is 0. The molecule has 0 spiro atoms. The van der Waals surface area contributed by atoms with E-state index in [1.165, 1.54) is 64.2 Å². The fraction of sp³-hybridized carbons (Fsp3) is 0.875.